The molecule has 2 aliphatic carbocycles. The predicted molar refractivity (Wildman–Crippen MR) is 200 cm³/mol. The second-order valence-corrected chi connectivity index (χ2v) is 17.0. The van der Waals surface area contributed by atoms with Crippen molar-refractivity contribution in [1.29, 1.82) is 0 Å². The molecule has 5 N–H and O–H groups in total. The van der Waals surface area contributed by atoms with Crippen LogP contribution in [0.2, 0.25) is 0 Å². The van der Waals surface area contributed by atoms with E-state index >= 15 is 0 Å². The Morgan fingerprint density at radius 1 is 1.00 bits per heavy atom. The molecule has 1 saturated heterocycles. The number of hydrogen-bond donors (Lipinski definition) is 5. The number of likely N-dealkylation sites (tertiary alicyclic amines) is 1. The van der Waals surface area contributed by atoms with Crippen LogP contribution in [0.3, 0.4) is 0 Å². The number of nitrogens with zero attached hydrogens (tertiary/aromatic N) is 2. The molecule has 2 saturated carbocycles. The third-order valence-corrected chi connectivity index (χ3v) is 10.9. The molecule has 0 radical (unpaired) electrons. The first kappa shape index (κ1) is 40.6. The van der Waals surface area contributed by atoms with Crippen LogP contribution in [-0.2, 0) is 36.9 Å². The molecular formula is C40H62N6O7. The highest BCUT2D eigenvalue weighted by atomic mass is 16.6. The maximum Gasteiger partial charge on any atom is 0.410 e. The van der Waals surface area contributed by atoms with Crippen LogP contribution in [0.1, 0.15) is 110 Å². The lowest BCUT2D eigenvalue weighted by molar-refractivity contribution is -0.144. The van der Waals surface area contributed by atoms with Gasteiger partial charge in [0, 0.05) is 43.9 Å². The van der Waals surface area contributed by atoms with Gasteiger partial charge >= 0.3 is 6.09 Å². The molecule has 4 aliphatic rings. The van der Waals surface area contributed by atoms with Crippen LogP contribution in [0.25, 0.3) is 0 Å². The summed E-state index contributed by atoms with van der Waals surface area (Å²) in [6.45, 7) is 12.4. The molecule has 13 heteroatoms. The van der Waals surface area contributed by atoms with E-state index in [2.05, 4.69) is 34.3 Å². The number of nitrogens with one attached hydrogen (secondary N) is 4. The van der Waals surface area contributed by atoms with Crippen molar-refractivity contribution in [3.05, 3.63) is 35.4 Å². The van der Waals surface area contributed by atoms with E-state index in [0.717, 1.165) is 44.1 Å². The molecule has 2 heterocycles. The molecule has 1 aromatic carbocycles. The van der Waals surface area contributed by atoms with Crippen LogP contribution in [0.4, 0.5) is 4.79 Å². The van der Waals surface area contributed by atoms with E-state index in [1.807, 2.05) is 52.8 Å². The van der Waals surface area contributed by atoms with Crippen molar-refractivity contribution in [3.8, 4) is 0 Å². The second kappa shape index (κ2) is 17.7. The maximum atomic E-state index is 14.6. The molecule has 0 bridgehead atoms. The summed E-state index contributed by atoms with van der Waals surface area (Å²) in [6.07, 6.45) is 4.22. The highest BCUT2D eigenvalue weighted by Gasteiger charge is 2.47. The number of Topliss-reactive ketones (excluding diaryl/α,β-unsaturated/α-hetero) is 1. The van der Waals surface area contributed by atoms with Crippen LogP contribution in [0.15, 0.2) is 24.3 Å². The summed E-state index contributed by atoms with van der Waals surface area (Å²) in [4.78, 5) is 71.2. The summed E-state index contributed by atoms with van der Waals surface area (Å²) in [5.41, 5.74) is 1.53. The van der Waals surface area contributed by atoms with Gasteiger partial charge in [-0.2, -0.15) is 0 Å². The third-order valence-electron chi connectivity index (χ3n) is 10.9. The van der Waals surface area contributed by atoms with Gasteiger partial charge < -0.3 is 30.3 Å². The normalized spacial score (nSPS) is 22.4. The smallest absolute Gasteiger partial charge is 0.410 e. The number of carbonyl (C=O) groups is 5. The van der Waals surface area contributed by atoms with E-state index < -0.39 is 59.9 Å². The van der Waals surface area contributed by atoms with Gasteiger partial charge in [0.2, 0.25) is 17.7 Å². The number of ketones is 1. The van der Waals surface area contributed by atoms with Crippen molar-refractivity contribution >= 4 is 29.6 Å². The Morgan fingerprint density at radius 2 is 1.70 bits per heavy atom. The Balaban J connectivity index is 1.33. The number of fused-ring (bicyclic) bond motifs is 1. The Morgan fingerprint density at radius 3 is 2.32 bits per heavy atom. The van der Waals surface area contributed by atoms with Gasteiger partial charge in [0.1, 0.15) is 12.1 Å². The Hall–Kier alpha value is -3.55. The first-order valence-corrected chi connectivity index (χ1v) is 19.8. The SMILES string of the molecule is CCCCC(CC(=O)NC1CC1)NC(=O)[C@@H]1C[C@@H](OC(=O)N2CCc3ccccc3C2)CN1C(=O)[C@@H](NC(O)N[C@H](C(=O)C1CC1)C(C)C)C(C)(C)C. The molecule has 3 fully saturated rings. The lowest BCUT2D eigenvalue weighted by Crippen LogP contribution is -2.63. The zero-order chi connectivity index (χ0) is 38.4. The molecule has 2 unspecified atom stereocenters. The number of hydrogen-bond acceptors (Lipinski definition) is 9. The average molecular weight is 739 g/mol. The molecule has 13 nitrogen and oxygen atoms in total. The minimum Gasteiger partial charge on any atom is -0.444 e. The fourth-order valence-corrected chi connectivity index (χ4v) is 7.41. The summed E-state index contributed by atoms with van der Waals surface area (Å²) in [5.74, 6) is -0.986. The van der Waals surface area contributed by atoms with Gasteiger partial charge in [0.05, 0.1) is 18.6 Å². The Bertz CT molecular complexity index is 1470. The zero-order valence-corrected chi connectivity index (χ0v) is 32.5. The van der Waals surface area contributed by atoms with Crippen LogP contribution >= 0.6 is 0 Å². The number of ether oxygens (including phenoxy) is 1. The lowest BCUT2D eigenvalue weighted by Gasteiger charge is -2.37. The summed E-state index contributed by atoms with van der Waals surface area (Å²) >= 11 is 0. The van der Waals surface area contributed by atoms with Crippen LogP contribution < -0.4 is 21.3 Å². The van der Waals surface area contributed by atoms with Crippen molar-refractivity contribution in [1.82, 2.24) is 31.1 Å². The van der Waals surface area contributed by atoms with E-state index in [0.29, 0.717) is 25.9 Å². The minimum atomic E-state index is -1.38. The number of benzene rings is 1. The van der Waals surface area contributed by atoms with E-state index in [1.165, 1.54) is 10.5 Å². The highest BCUT2D eigenvalue weighted by molar-refractivity contribution is 5.92. The Labute approximate surface area is 314 Å². The predicted octanol–water partition coefficient (Wildman–Crippen LogP) is 3.37. The Kier molecular flexibility index (Phi) is 13.6. The largest absolute Gasteiger partial charge is 0.444 e. The van der Waals surface area contributed by atoms with Gasteiger partial charge in [-0.1, -0.05) is 78.6 Å². The topological polar surface area (TPSA) is 169 Å². The minimum absolute atomic E-state index is 0.00808. The number of aliphatic hydroxyl groups is 1. The number of amides is 4. The quantitative estimate of drug-likeness (QED) is 0.151. The molecule has 1 aromatic rings. The van der Waals surface area contributed by atoms with Crippen molar-refractivity contribution in [2.45, 2.75) is 155 Å². The summed E-state index contributed by atoms with van der Waals surface area (Å²) in [7, 11) is 0. The maximum absolute atomic E-state index is 14.6. The van der Waals surface area contributed by atoms with Gasteiger partial charge in [-0.15, -0.1) is 0 Å². The van der Waals surface area contributed by atoms with E-state index in [-0.39, 0.29) is 49.0 Å². The second-order valence-electron chi connectivity index (χ2n) is 17.0. The van der Waals surface area contributed by atoms with Gasteiger partial charge in [0.25, 0.3) is 0 Å². The van der Waals surface area contributed by atoms with Gasteiger partial charge in [-0.05, 0) is 61.0 Å². The molecule has 0 aromatic heterocycles. The van der Waals surface area contributed by atoms with Crippen molar-refractivity contribution < 1.29 is 33.8 Å². The third kappa shape index (κ3) is 11.2. The molecular weight excluding hydrogens is 676 g/mol. The number of aliphatic hydroxyl groups excluding tert-OH is 1. The monoisotopic (exact) mass is 738 g/mol. The van der Waals surface area contributed by atoms with Crippen LogP contribution in [0, 0.1) is 17.3 Å². The summed E-state index contributed by atoms with van der Waals surface area (Å²) < 4.78 is 6.02. The number of unbranched alkanes of at least 4 members (excludes halogenated alkanes) is 1. The molecule has 4 amide bonds. The summed E-state index contributed by atoms with van der Waals surface area (Å²) in [5, 5.41) is 23.3. The standard InChI is InChI=1S/C40H62N6O7/c1-7-8-13-29(20-32(47)41-28-16-17-28)42-36(49)31-21-30(53-39(52)45-19-18-25-11-9-10-12-27(25)22-45)23-46(31)37(50)35(40(4,5)6)44-38(51)43-33(24(2)3)34(48)26-14-15-26/h9-12,24,26,28-31,33,35,38,43-44,51H,7-8,13-23H2,1-6H3,(H,41,47)(H,42,49)/t29?,30-,31+,33+,35-,38?/m1/s1. The van der Waals surface area contributed by atoms with Crippen molar-refractivity contribution in [2.75, 3.05) is 13.1 Å². The van der Waals surface area contributed by atoms with Crippen LogP contribution in [-0.4, -0.2) is 100 Å². The van der Waals surface area contributed by atoms with Gasteiger partial charge in [0.15, 0.2) is 12.1 Å². The van der Waals surface area contributed by atoms with Crippen LogP contribution in [0.5, 0.6) is 0 Å². The zero-order valence-electron chi connectivity index (χ0n) is 32.5. The van der Waals surface area contributed by atoms with E-state index in [9.17, 15) is 29.1 Å². The first-order chi connectivity index (χ1) is 25.1. The molecule has 6 atom stereocenters. The molecule has 294 valence electrons. The lowest BCUT2D eigenvalue weighted by atomic mass is 9.85. The highest BCUT2D eigenvalue weighted by Crippen LogP contribution is 2.33. The summed E-state index contributed by atoms with van der Waals surface area (Å²) in [6, 6.07) is 5.23. The fraction of sp³-hybridized carbons (Fsp3) is 0.725. The van der Waals surface area contributed by atoms with Crippen molar-refractivity contribution in [3.63, 3.8) is 0 Å². The average Bonchev–Trinajstić information content (AvgIpc) is 4.05. The van der Waals surface area contributed by atoms with E-state index in [4.69, 9.17) is 4.74 Å². The van der Waals surface area contributed by atoms with Gasteiger partial charge in [-0.25, -0.2) is 4.79 Å². The van der Waals surface area contributed by atoms with E-state index in [1.54, 1.807) is 4.90 Å². The fourth-order valence-electron chi connectivity index (χ4n) is 7.41. The molecule has 5 rings (SSSR count). The number of carbonyl (C=O) groups excluding carboxylic acids is 5. The van der Waals surface area contributed by atoms with Gasteiger partial charge in [-0.3, -0.25) is 29.8 Å². The molecule has 2 aliphatic heterocycles. The first-order valence-electron chi connectivity index (χ1n) is 19.8. The van der Waals surface area contributed by atoms with Crippen molar-refractivity contribution in [2.24, 2.45) is 17.3 Å². The number of rotatable bonds is 17. The molecule has 53 heavy (non-hydrogen) atoms. The molecule has 0 spiro atoms.